The third-order valence-electron chi connectivity index (χ3n) is 2.86. The van der Waals surface area contributed by atoms with Crippen LogP contribution < -0.4 is 10.5 Å². The minimum Gasteiger partial charge on any atom is -0.508 e. The molecule has 0 aromatic heterocycles. The maximum atomic E-state index is 10.7. The van der Waals surface area contributed by atoms with E-state index in [4.69, 9.17) is 15.6 Å². The molecule has 1 atom stereocenters. The predicted octanol–water partition coefficient (Wildman–Crippen LogP) is 1.84. The van der Waals surface area contributed by atoms with Crippen LogP contribution in [0.1, 0.15) is 5.56 Å². The van der Waals surface area contributed by atoms with Crippen molar-refractivity contribution in [3.05, 3.63) is 48.0 Å². The van der Waals surface area contributed by atoms with E-state index in [1.165, 1.54) is 24.3 Å². The molecule has 0 bridgehead atoms. The Balaban J connectivity index is 2.12. The summed E-state index contributed by atoms with van der Waals surface area (Å²) in [5.41, 5.74) is 6.04. The number of carboxylic acid groups (broad SMARTS) is 1. The third-order valence-corrected chi connectivity index (χ3v) is 2.86. The molecular formula is C15H15NO5. The lowest BCUT2D eigenvalue weighted by molar-refractivity contribution is -0.138. The molecular weight excluding hydrogens is 274 g/mol. The van der Waals surface area contributed by atoms with E-state index in [-0.39, 0.29) is 23.7 Å². The second kappa shape index (κ2) is 6.15. The Bertz CT molecular complexity index is 639. The highest BCUT2D eigenvalue weighted by atomic mass is 16.5. The van der Waals surface area contributed by atoms with Gasteiger partial charge in [0, 0.05) is 0 Å². The minimum atomic E-state index is -1.10. The zero-order valence-corrected chi connectivity index (χ0v) is 11.1. The normalized spacial score (nSPS) is 11.9. The van der Waals surface area contributed by atoms with E-state index in [0.29, 0.717) is 11.3 Å². The Morgan fingerprint density at radius 2 is 1.81 bits per heavy atom. The summed E-state index contributed by atoms with van der Waals surface area (Å²) in [6.07, 6.45) is 0.113. The van der Waals surface area contributed by atoms with Gasteiger partial charge in [-0.15, -0.1) is 0 Å². The Morgan fingerprint density at radius 3 is 2.38 bits per heavy atom. The van der Waals surface area contributed by atoms with Crippen LogP contribution >= 0.6 is 0 Å². The van der Waals surface area contributed by atoms with Crippen LogP contribution in [0.2, 0.25) is 0 Å². The van der Waals surface area contributed by atoms with Crippen LogP contribution in [0, 0.1) is 0 Å². The molecule has 0 radical (unpaired) electrons. The van der Waals surface area contributed by atoms with Gasteiger partial charge in [0.15, 0.2) is 11.5 Å². The van der Waals surface area contributed by atoms with Crippen LogP contribution in [0.15, 0.2) is 42.5 Å². The Kier molecular flexibility index (Phi) is 4.30. The molecule has 2 aromatic rings. The van der Waals surface area contributed by atoms with E-state index < -0.39 is 12.0 Å². The van der Waals surface area contributed by atoms with Gasteiger partial charge in [-0.05, 0) is 48.4 Å². The van der Waals surface area contributed by atoms with Crippen molar-refractivity contribution >= 4 is 5.97 Å². The van der Waals surface area contributed by atoms with Gasteiger partial charge < -0.3 is 25.8 Å². The summed E-state index contributed by atoms with van der Waals surface area (Å²) in [5.74, 6) is -0.409. The molecule has 0 spiro atoms. The summed E-state index contributed by atoms with van der Waals surface area (Å²) in [7, 11) is 0. The summed E-state index contributed by atoms with van der Waals surface area (Å²) in [6.45, 7) is 0. The van der Waals surface area contributed by atoms with Gasteiger partial charge in [-0.2, -0.15) is 0 Å². The number of benzene rings is 2. The largest absolute Gasteiger partial charge is 0.508 e. The molecule has 2 aromatic carbocycles. The zero-order valence-electron chi connectivity index (χ0n) is 11.1. The average molecular weight is 289 g/mol. The molecule has 6 nitrogen and oxygen atoms in total. The topological polar surface area (TPSA) is 113 Å². The molecule has 0 heterocycles. The fraction of sp³-hybridized carbons (Fsp3) is 0.133. The number of rotatable bonds is 5. The number of nitrogens with two attached hydrogens (primary N) is 1. The first-order valence-corrected chi connectivity index (χ1v) is 6.23. The second-order valence-electron chi connectivity index (χ2n) is 4.55. The van der Waals surface area contributed by atoms with Crippen LogP contribution in [-0.2, 0) is 11.2 Å². The molecule has 0 saturated carbocycles. The molecule has 0 aliphatic carbocycles. The number of hydrogen-bond donors (Lipinski definition) is 4. The van der Waals surface area contributed by atoms with E-state index >= 15 is 0 Å². The zero-order chi connectivity index (χ0) is 15.4. The van der Waals surface area contributed by atoms with Gasteiger partial charge in [0.05, 0.1) is 0 Å². The summed E-state index contributed by atoms with van der Waals surface area (Å²) >= 11 is 0. The number of aromatic hydroxyl groups is 2. The van der Waals surface area contributed by atoms with Gasteiger partial charge in [0.2, 0.25) is 0 Å². The van der Waals surface area contributed by atoms with Crippen molar-refractivity contribution in [3.63, 3.8) is 0 Å². The van der Waals surface area contributed by atoms with Crippen LogP contribution in [0.25, 0.3) is 0 Å². The Labute approximate surface area is 121 Å². The SMILES string of the molecule is N[C@@H](Cc1ccc(Oc2ccc(O)cc2)c(O)c1)C(=O)O. The van der Waals surface area contributed by atoms with Gasteiger partial charge in [-0.25, -0.2) is 0 Å². The highest BCUT2D eigenvalue weighted by Gasteiger charge is 2.13. The first-order chi connectivity index (χ1) is 9.95. The molecule has 0 aliphatic rings. The Hall–Kier alpha value is -2.73. The van der Waals surface area contributed by atoms with Crippen LogP contribution in [-0.4, -0.2) is 27.3 Å². The molecule has 5 N–H and O–H groups in total. The molecule has 2 rings (SSSR count). The van der Waals surface area contributed by atoms with E-state index in [1.54, 1.807) is 18.2 Å². The first-order valence-electron chi connectivity index (χ1n) is 6.23. The number of hydrogen-bond acceptors (Lipinski definition) is 5. The third kappa shape index (κ3) is 3.87. The van der Waals surface area contributed by atoms with E-state index in [9.17, 15) is 15.0 Å². The first kappa shape index (κ1) is 14.7. The van der Waals surface area contributed by atoms with Crippen molar-refractivity contribution in [3.8, 4) is 23.0 Å². The lowest BCUT2D eigenvalue weighted by Gasteiger charge is -2.10. The van der Waals surface area contributed by atoms with Crippen LogP contribution in [0.4, 0.5) is 0 Å². The average Bonchev–Trinajstić information content (AvgIpc) is 2.44. The van der Waals surface area contributed by atoms with Crippen LogP contribution in [0.3, 0.4) is 0 Å². The van der Waals surface area contributed by atoms with Crippen molar-refractivity contribution < 1.29 is 24.9 Å². The monoisotopic (exact) mass is 289 g/mol. The fourth-order valence-corrected chi connectivity index (χ4v) is 1.76. The van der Waals surface area contributed by atoms with Crippen molar-refractivity contribution in [1.29, 1.82) is 0 Å². The molecule has 0 amide bonds. The molecule has 21 heavy (non-hydrogen) atoms. The maximum absolute atomic E-state index is 10.7. The van der Waals surface area contributed by atoms with Gasteiger partial charge in [0.1, 0.15) is 17.5 Å². The fourth-order valence-electron chi connectivity index (χ4n) is 1.76. The predicted molar refractivity (Wildman–Crippen MR) is 75.6 cm³/mol. The summed E-state index contributed by atoms with van der Waals surface area (Å²) in [6, 6.07) is 9.61. The smallest absolute Gasteiger partial charge is 0.320 e. The van der Waals surface area contributed by atoms with Gasteiger partial charge in [0.25, 0.3) is 0 Å². The summed E-state index contributed by atoms with van der Waals surface area (Å²) in [5, 5.41) is 27.8. The van der Waals surface area contributed by atoms with Crippen LogP contribution in [0.5, 0.6) is 23.0 Å². The molecule has 0 fully saturated rings. The van der Waals surface area contributed by atoms with E-state index in [0.717, 1.165) is 0 Å². The quantitative estimate of drug-likeness (QED) is 0.668. The highest BCUT2D eigenvalue weighted by Crippen LogP contribution is 2.32. The lowest BCUT2D eigenvalue weighted by Crippen LogP contribution is -2.32. The number of phenols is 2. The van der Waals surface area contributed by atoms with E-state index in [1.807, 2.05) is 0 Å². The number of ether oxygens (including phenoxy) is 1. The van der Waals surface area contributed by atoms with E-state index in [2.05, 4.69) is 0 Å². The van der Waals surface area contributed by atoms with Gasteiger partial charge >= 0.3 is 5.97 Å². The number of aliphatic carboxylic acids is 1. The van der Waals surface area contributed by atoms with Crippen molar-refractivity contribution in [1.82, 2.24) is 0 Å². The maximum Gasteiger partial charge on any atom is 0.320 e. The lowest BCUT2D eigenvalue weighted by atomic mass is 10.1. The minimum absolute atomic E-state index is 0.113. The standard InChI is InChI=1S/C15H15NO5/c16-12(15(19)20)7-9-1-6-14(13(18)8-9)21-11-4-2-10(17)3-5-11/h1-6,8,12,17-18H,7,16H2,(H,19,20)/t12-/m0/s1. The molecule has 6 heteroatoms. The number of carboxylic acids is 1. The summed E-state index contributed by atoms with van der Waals surface area (Å²) < 4.78 is 5.46. The number of phenolic OH excluding ortho intramolecular Hbond substituents is 2. The molecule has 110 valence electrons. The van der Waals surface area contributed by atoms with Crippen molar-refractivity contribution in [2.75, 3.05) is 0 Å². The Morgan fingerprint density at radius 1 is 1.14 bits per heavy atom. The van der Waals surface area contributed by atoms with Gasteiger partial charge in [-0.3, -0.25) is 4.79 Å². The highest BCUT2D eigenvalue weighted by molar-refractivity contribution is 5.73. The second-order valence-corrected chi connectivity index (χ2v) is 4.55. The molecule has 0 aliphatic heterocycles. The van der Waals surface area contributed by atoms with Crippen molar-refractivity contribution in [2.45, 2.75) is 12.5 Å². The molecule has 0 unspecified atom stereocenters. The summed E-state index contributed by atoms with van der Waals surface area (Å²) in [4.78, 5) is 10.7. The van der Waals surface area contributed by atoms with Crippen molar-refractivity contribution in [2.24, 2.45) is 5.73 Å². The number of carbonyl (C=O) groups is 1. The molecule has 0 saturated heterocycles. The van der Waals surface area contributed by atoms with Gasteiger partial charge in [-0.1, -0.05) is 6.07 Å².